The van der Waals surface area contributed by atoms with Gasteiger partial charge in [0.05, 0.1) is 16.9 Å². The van der Waals surface area contributed by atoms with Crippen LogP contribution >= 0.6 is 11.6 Å². The van der Waals surface area contributed by atoms with Crippen LogP contribution in [0.1, 0.15) is 25.1 Å². The Morgan fingerprint density at radius 3 is 2.65 bits per heavy atom. The van der Waals surface area contributed by atoms with E-state index in [0.717, 1.165) is 5.69 Å². The van der Waals surface area contributed by atoms with Crippen LogP contribution in [-0.4, -0.2) is 15.2 Å². The predicted octanol–water partition coefficient (Wildman–Crippen LogP) is 4.73. The number of halogens is 2. The molecule has 2 heterocycles. The molecule has 0 unspecified atom stereocenters. The molecule has 0 bridgehead atoms. The summed E-state index contributed by atoms with van der Waals surface area (Å²) in [4.78, 5) is 3.99. The standard InChI is InChI=1S/C15H11ClFN3O.C2H6/c1-9-2-13(7-19-20-9)21-8-10-3-11-5-12(16)6-18-15(11)14(17)4-10;1-2/h2-7H,8H2,1H3;1-2H3. The second-order valence-electron chi connectivity index (χ2n) is 4.62. The Bertz CT molecular complexity index is 811. The first-order chi connectivity index (χ1) is 11.1. The summed E-state index contributed by atoms with van der Waals surface area (Å²) >= 11 is 5.88. The van der Waals surface area contributed by atoms with Crippen LogP contribution in [0.25, 0.3) is 10.9 Å². The molecule has 0 saturated carbocycles. The van der Waals surface area contributed by atoms with Gasteiger partial charge in [0.1, 0.15) is 23.7 Å². The van der Waals surface area contributed by atoms with Gasteiger partial charge in [-0.1, -0.05) is 25.4 Å². The summed E-state index contributed by atoms with van der Waals surface area (Å²) in [6, 6.07) is 6.65. The fourth-order valence-corrected chi connectivity index (χ4v) is 2.18. The lowest BCUT2D eigenvalue weighted by atomic mass is 10.1. The first kappa shape index (κ1) is 17.1. The van der Waals surface area contributed by atoms with Crippen molar-refractivity contribution in [2.45, 2.75) is 27.4 Å². The lowest BCUT2D eigenvalue weighted by molar-refractivity contribution is 0.303. The molecule has 2 aromatic heterocycles. The third-order valence-electron chi connectivity index (χ3n) is 2.92. The van der Waals surface area contributed by atoms with Gasteiger partial charge in [-0.25, -0.2) is 4.39 Å². The third kappa shape index (κ3) is 4.36. The highest BCUT2D eigenvalue weighted by molar-refractivity contribution is 6.31. The molecule has 0 saturated heterocycles. The number of fused-ring (bicyclic) bond motifs is 1. The molecule has 0 aliphatic heterocycles. The van der Waals surface area contributed by atoms with Crippen LogP contribution in [0.2, 0.25) is 5.02 Å². The Hall–Kier alpha value is -2.27. The zero-order chi connectivity index (χ0) is 16.8. The van der Waals surface area contributed by atoms with Gasteiger partial charge in [-0.05, 0) is 30.7 Å². The molecule has 0 atom stereocenters. The van der Waals surface area contributed by atoms with E-state index in [9.17, 15) is 4.39 Å². The van der Waals surface area contributed by atoms with E-state index in [1.807, 2.05) is 20.8 Å². The molecule has 6 heteroatoms. The summed E-state index contributed by atoms with van der Waals surface area (Å²) in [7, 11) is 0. The van der Waals surface area contributed by atoms with E-state index in [4.69, 9.17) is 16.3 Å². The molecule has 3 aromatic rings. The number of ether oxygens (including phenoxy) is 1. The van der Waals surface area contributed by atoms with E-state index in [2.05, 4.69) is 15.2 Å². The summed E-state index contributed by atoms with van der Waals surface area (Å²) in [6.45, 7) is 6.05. The molecule has 0 radical (unpaired) electrons. The second-order valence-corrected chi connectivity index (χ2v) is 5.06. The third-order valence-corrected chi connectivity index (χ3v) is 3.13. The lowest BCUT2D eigenvalue weighted by Crippen LogP contribution is -1.99. The molecular formula is C17H17ClFN3O. The van der Waals surface area contributed by atoms with Gasteiger partial charge in [0.15, 0.2) is 0 Å². The zero-order valence-electron chi connectivity index (χ0n) is 13.2. The number of benzene rings is 1. The van der Waals surface area contributed by atoms with Crippen LogP contribution in [0, 0.1) is 12.7 Å². The largest absolute Gasteiger partial charge is 0.487 e. The first-order valence-electron chi connectivity index (χ1n) is 7.27. The van der Waals surface area contributed by atoms with Gasteiger partial charge in [-0.15, -0.1) is 0 Å². The van der Waals surface area contributed by atoms with Crippen molar-refractivity contribution in [2.75, 3.05) is 0 Å². The quantitative estimate of drug-likeness (QED) is 0.695. The summed E-state index contributed by atoms with van der Waals surface area (Å²) in [5, 5.41) is 8.76. The molecule has 0 fully saturated rings. The van der Waals surface area contributed by atoms with E-state index in [1.165, 1.54) is 18.5 Å². The summed E-state index contributed by atoms with van der Waals surface area (Å²) in [5.41, 5.74) is 1.75. The zero-order valence-corrected chi connectivity index (χ0v) is 13.9. The minimum atomic E-state index is -0.396. The van der Waals surface area contributed by atoms with E-state index < -0.39 is 5.82 Å². The highest BCUT2D eigenvalue weighted by Crippen LogP contribution is 2.22. The highest BCUT2D eigenvalue weighted by atomic mass is 35.5. The summed E-state index contributed by atoms with van der Waals surface area (Å²) < 4.78 is 19.6. The SMILES string of the molecule is CC.Cc1cc(OCc2cc(F)c3ncc(Cl)cc3c2)cnn1. The minimum Gasteiger partial charge on any atom is -0.487 e. The molecule has 3 rings (SSSR count). The van der Waals surface area contributed by atoms with E-state index in [-0.39, 0.29) is 6.61 Å². The fraction of sp³-hybridized carbons (Fsp3) is 0.235. The van der Waals surface area contributed by atoms with Gasteiger partial charge in [-0.3, -0.25) is 4.98 Å². The maximum atomic E-state index is 14.0. The van der Waals surface area contributed by atoms with Gasteiger partial charge in [0.25, 0.3) is 0 Å². The van der Waals surface area contributed by atoms with Crippen molar-refractivity contribution in [3.63, 3.8) is 0 Å². The Labute approximate surface area is 139 Å². The molecule has 4 nitrogen and oxygen atoms in total. The van der Waals surface area contributed by atoms with Crippen LogP contribution in [0.15, 0.2) is 36.7 Å². The van der Waals surface area contributed by atoms with Gasteiger partial charge in [-0.2, -0.15) is 10.2 Å². The van der Waals surface area contributed by atoms with Crippen LogP contribution in [0.4, 0.5) is 4.39 Å². The average Bonchev–Trinajstić information content (AvgIpc) is 2.54. The molecule has 120 valence electrons. The van der Waals surface area contributed by atoms with Gasteiger partial charge in [0, 0.05) is 17.6 Å². The highest BCUT2D eigenvalue weighted by Gasteiger charge is 2.07. The van der Waals surface area contributed by atoms with E-state index in [1.54, 1.807) is 18.2 Å². The molecule has 1 aromatic carbocycles. The molecule has 0 amide bonds. The number of nitrogens with zero attached hydrogens (tertiary/aromatic N) is 3. The van der Waals surface area contributed by atoms with Crippen LogP contribution in [0.5, 0.6) is 5.75 Å². The van der Waals surface area contributed by atoms with Crippen molar-refractivity contribution in [1.82, 2.24) is 15.2 Å². The first-order valence-corrected chi connectivity index (χ1v) is 7.65. The number of pyridine rings is 1. The fourth-order valence-electron chi connectivity index (χ4n) is 2.01. The number of aromatic nitrogens is 3. The molecule has 0 spiro atoms. The normalized spacial score (nSPS) is 10.1. The average molecular weight is 334 g/mol. The van der Waals surface area contributed by atoms with Crippen LogP contribution in [-0.2, 0) is 6.61 Å². The molecule has 23 heavy (non-hydrogen) atoms. The van der Waals surface area contributed by atoms with Crippen molar-refractivity contribution in [3.8, 4) is 5.75 Å². The molecular weight excluding hydrogens is 317 g/mol. The monoisotopic (exact) mass is 333 g/mol. The Morgan fingerprint density at radius 1 is 1.13 bits per heavy atom. The minimum absolute atomic E-state index is 0.227. The second kappa shape index (κ2) is 7.83. The van der Waals surface area contributed by atoms with Crippen LogP contribution < -0.4 is 4.74 Å². The maximum Gasteiger partial charge on any atom is 0.149 e. The smallest absolute Gasteiger partial charge is 0.149 e. The maximum absolute atomic E-state index is 14.0. The van der Waals surface area contributed by atoms with E-state index >= 15 is 0 Å². The Balaban J connectivity index is 0.000000924. The van der Waals surface area contributed by atoms with Crippen molar-refractivity contribution >= 4 is 22.5 Å². The Kier molecular flexibility index (Phi) is 5.82. The van der Waals surface area contributed by atoms with E-state index in [0.29, 0.717) is 27.2 Å². The number of aryl methyl sites for hydroxylation is 1. The van der Waals surface area contributed by atoms with Crippen molar-refractivity contribution in [1.29, 1.82) is 0 Å². The van der Waals surface area contributed by atoms with Gasteiger partial charge >= 0.3 is 0 Å². The predicted molar refractivity (Wildman–Crippen MR) is 89.2 cm³/mol. The summed E-state index contributed by atoms with van der Waals surface area (Å²) in [6.07, 6.45) is 2.94. The molecule has 0 aliphatic rings. The number of hydrogen-bond donors (Lipinski definition) is 0. The van der Waals surface area contributed by atoms with Crippen molar-refractivity contribution in [3.05, 3.63) is 58.8 Å². The van der Waals surface area contributed by atoms with Crippen molar-refractivity contribution < 1.29 is 9.13 Å². The molecule has 0 aliphatic carbocycles. The van der Waals surface area contributed by atoms with Crippen molar-refractivity contribution in [2.24, 2.45) is 0 Å². The lowest BCUT2D eigenvalue weighted by Gasteiger charge is -2.08. The molecule has 0 N–H and O–H groups in total. The number of hydrogen-bond acceptors (Lipinski definition) is 4. The van der Waals surface area contributed by atoms with Crippen LogP contribution in [0.3, 0.4) is 0 Å². The van der Waals surface area contributed by atoms with Gasteiger partial charge in [0.2, 0.25) is 0 Å². The topological polar surface area (TPSA) is 47.9 Å². The number of rotatable bonds is 3. The Morgan fingerprint density at radius 2 is 1.91 bits per heavy atom. The van der Waals surface area contributed by atoms with Gasteiger partial charge < -0.3 is 4.74 Å². The summed E-state index contributed by atoms with van der Waals surface area (Å²) in [5.74, 6) is 0.194.